The molecule has 0 aromatic rings. The molecule has 1 atom stereocenters. The molecule has 4 nitrogen and oxygen atoms in total. The number of likely N-dealkylation sites (N-methyl/N-ethyl adjacent to an activating group) is 1. The van der Waals surface area contributed by atoms with Crippen LogP contribution in [0.15, 0.2) is 0 Å². The second kappa shape index (κ2) is 7.65. The van der Waals surface area contributed by atoms with Crippen LogP contribution in [0.5, 0.6) is 0 Å². The predicted octanol–water partition coefficient (Wildman–Crippen LogP) is 1.38. The first-order chi connectivity index (χ1) is 8.11. The first-order valence-electron chi connectivity index (χ1n) is 6.57. The molecule has 0 saturated heterocycles. The summed E-state index contributed by atoms with van der Waals surface area (Å²) in [6.45, 7) is 6.73. The van der Waals surface area contributed by atoms with Gasteiger partial charge in [0.2, 0.25) is 0 Å². The summed E-state index contributed by atoms with van der Waals surface area (Å²) in [7, 11) is 2.08. The smallest absolute Gasteiger partial charge is 0.0967 e. The molecule has 0 heterocycles. The van der Waals surface area contributed by atoms with Crippen LogP contribution >= 0.6 is 0 Å². The zero-order valence-corrected chi connectivity index (χ0v) is 11.3. The molecular formula is C13H25N3O. The average molecular weight is 239 g/mol. The molecule has 1 rings (SSSR count). The van der Waals surface area contributed by atoms with Gasteiger partial charge < -0.3 is 9.64 Å². The highest BCUT2D eigenvalue weighted by Gasteiger charge is 2.24. The van der Waals surface area contributed by atoms with Gasteiger partial charge in [0.1, 0.15) is 0 Å². The summed E-state index contributed by atoms with van der Waals surface area (Å²) >= 11 is 0. The standard InChI is InChI=1S/C13H25N3O/c1-11(2)17-9-8-16(3)7-6-13(10-14)15-12-4-5-12/h11-13,15H,4-9H2,1-3H3. The lowest BCUT2D eigenvalue weighted by molar-refractivity contribution is 0.0634. The van der Waals surface area contributed by atoms with E-state index in [1.165, 1.54) is 12.8 Å². The van der Waals surface area contributed by atoms with Crippen LogP contribution in [-0.4, -0.2) is 49.8 Å². The lowest BCUT2D eigenvalue weighted by Gasteiger charge is -2.19. The minimum Gasteiger partial charge on any atom is -0.377 e. The first-order valence-corrected chi connectivity index (χ1v) is 6.57. The Morgan fingerprint density at radius 2 is 2.12 bits per heavy atom. The van der Waals surface area contributed by atoms with Crippen LogP contribution in [0.4, 0.5) is 0 Å². The third kappa shape index (κ3) is 7.32. The van der Waals surface area contributed by atoms with E-state index >= 15 is 0 Å². The Bertz CT molecular complexity index is 246. The zero-order chi connectivity index (χ0) is 12.7. The number of nitrogens with one attached hydrogen (secondary N) is 1. The zero-order valence-electron chi connectivity index (χ0n) is 11.3. The number of hydrogen-bond donors (Lipinski definition) is 1. The van der Waals surface area contributed by atoms with E-state index in [1.54, 1.807) is 0 Å². The summed E-state index contributed by atoms with van der Waals surface area (Å²) in [6, 6.07) is 2.95. The van der Waals surface area contributed by atoms with Gasteiger partial charge in [0, 0.05) is 19.1 Å². The summed E-state index contributed by atoms with van der Waals surface area (Å²) in [6.07, 6.45) is 3.66. The summed E-state index contributed by atoms with van der Waals surface area (Å²) in [5.41, 5.74) is 0. The molecule has 98 valence electrons. The van der Waals surface area contributed by atoms with E-state index in [-0.39, 0.29) is 6.04 Å². The summed E-state index contributed by atoms with van der Waals surface area (Å²) in [4.78, 5) is 2.22. The van der Waals surface area contributed by atoms with Crippen molar-refractivity contribution in [3.63, 3.8) is 0 Å². The van der Waals surface area contributed by atoms with Crippen molar-refractivity contribution < 1.29 is 4.74 Å². The Morgan fingerprint density at radius 1 is 1.41 bits per heavy atom. The lowest BCUT2D eigenvalue weighted by Crippen LogP contribution is -2.34. The molecule has 0 aliphatic heterocycles. The van der Waals surface area contributed by atoms with E-state index < -0.39 is 0 Å². The van der Waals surface area contributed by atoms with Crippen molar-refractivity contribution in [3.8, 4) is 6.07 Å². The summed E-state index contributed by atoms with van der Waals surface area (Å²) < 4.78 is 5.50. The Balaban J connectivity index is 2.04. The number of ether oxygens (including phenoxy) is 1. The fourth-order valence-corrected chi connectivity index (χ4v) is 1.63. The lowest BCUT2D eigenvalue weighted by atomic mass is 10.2. The monoisotopic (exact) mass is 239 g/mol. The van der Waals surface area contributed by atoms with Crippen LogP contribution in [0.1, 0.15) is 33.1 Å². The van der Waals surface area contributed by atoms with Gasteiger partial charge in [0.15, 0.2) is 0 Å². The predicted molar refractivity (Wildman–Crippen MR) is 68.8 cm³/mol. The largest absolute Gasteiger partial charge is 0.377 e. The minimum absolute atomic E-state index is 0.0102. The van der Waals surface area contributed by atoms with E-state index in [0.29, 0.717) is 12.1 Å². The number of rotatable bonds is 9. The van der Waals surface area contributed by atoms with Gasteiger partial charge in [-0.25, -0.2) is 0 Å². The molecule has 4 heteroatoms. The number of hydrogen-bond acceptors (Lipinski definition) is 4. The van der Waals surface area contributed by atoms with Gasteiger partial charge in [-0.3, -0.25) is 5.32 Å². The molecule has 0 spiro atoms. The summed E-state index contributed by atoms with van der Waals surface area (Å²) in [5, 5.41) is 12.4. The van der Waals surface area contributed by atoms with Crippen molar-refractivity contribution in [1.82, 2.24) is 10.2 Å². The van der Waals surface area contributed by atoms with E-state index in [2.05, 4.69) is 23.3 Å². The normalized spacial score (nSPS) is 17.4. The first kappa shape index (κ1) is 14.4. The quantitative estimate of drug-likeness (QED) is 0.660. The van der Waals surface area contributed by atoms with Crippen LogP contribution < -0.4 is 5.32 Å². The molecule has 17 heavy (non-hydrogen) atoms. The van der Waals surface area contributed by atoms with Crippen LogP contribution in [0, 0.1) is 11.3 Å². The molecule has 1 fully saturated rings. The molecule has 0 bridgehead atoms. The molecule has 1 aliphatic rings. The van der Waals surface area contributed by atoms with Gasteiger partial charge in [0.25, 0.3) is 0 Å². The van der Waals surface area contributed by atoms with Crippen molar-refractivity contribution in [2.75, 3.05) is 26.7 Å². The second-order valence-electron chi connectivity index (χ2n) is 5.13. The van der Waals surface area contributed by atoms with Gasteiger partial charge in [0.05, 0.1) is 24.8 Å². The van der Waals surface area contributed by atoms with Crippen molar-refractivity contribution in [1.29, 1.82) is 5.26 Å². The topological polar surface area (TPSA) is 48.3 Å². The van der Waals surface area contributed by atoms with Gasteiger partial charge in [-0.1, -0.05) is 0 Å². The molecule has 1 aliphatic carbocycles. The maximum absolute atomic E-state index is 9.01. The van der Waals surface area contributed by atoms with Gasteiger partial charge in [-0.2, -0.15) is 5.26 Å². The van der Waals surface area contributed by atoms with Crippen LogP contribution in [0.2, 0.25) is 0 Å². The highest BCUT2D eigenvalue weighted by atomic mass is 16.5. The van der Waals surface area contributed by atoms with Gasteiger partial charge in [-0.05, 0) is 40.2 Å². The van der Waals surface area contributed by atoms with E-state index in [9.17, 15) is 0 Å². The SMILES string of the molecule is CC(C)OCCN(C)CCC(C#N)NC1CC1. The number of nitriles is 1. The molecular weight excluding hydrogens is 214 g/mol. The molecule has 1 unspecified atom stereocenters. The van der Waals surface area contributed by atoms with Crippen LogP contribution in [-0.2, 0) is 4.74 Å². The minimum atomic E-state index is 0.0102. The molecule has 0 aromatic carbocycles. The highest BCUT2D eigenvalue weighted by molar-refractivity contribution is 4.95. The molecule has 1 N–H and O–H groups in total. The fraction of sp³-hybridized carbons (Fsp3) is 0.923. The van der Waals surface area contributed by atoms with Gasteiger partial charge in [-0.15, -0.1) is 0 Å². The van der Waals surface area contributed by atoms with Crippen molar-refractivity contribution >= 4 is 0 Å². The molecule has 0 aromatic heterocycles. The maximum Gasteiger partial charge on any atom is 0.0967 e. The third-order valence-electron chi connectivity index (χ3n) is 2.89. The Kier molecular flexibility index (Phi) is 6.49. The fourth-order valence-electron chi connectivity index (χ4n) is 1.63. The van der Waals surface area contributed by atoms with E-state index in [0.717, 1.165) is 26.1 Å². The van der Waals surface area contributed by atoms with Crippen molar-refractivity contribution in [2.45, 2.75) is 51.3 Å². The molecule has 0 amide bonds. The average Bonchev–Trinajstić information content (AvgIpc) is 3.07. The third-order valence-corrected chi connectivity index (χ3v) is 2.89. The Labute approximate surface area is 105 Å². The Morgan fingerprint density at radius 3 is 2.65 bits per heavy atom. The molecule has 0 radical (unpaired) electrons. The summed E-state index contributed by atoms with van der Waals surface area (Å²) in [5.74, 6) is 0. The maximum atomic E-state index is 9.01. The van der Waals surface area contributed by atoms with Crippen LogP contribution in [0.25, 0.3) is 0 Å². The van der Waals surface area contributed by atoms with Crippen LogP contribution in [0.3, 0.4) is 0 Å². The second-order valence-corrected chi connectivity index (χ2v) is 5.13. The van der Waals surface area contributed by atoms with E-state index in [1.807, 2.05) is 13.8 Å². The number of nitrogens with zero attached hydrogens (tertiary/aromatic N) is 2. The molecule has 1 saturated carbocycles. The highest BCUT2D eigenvalue weighted by Crippen LogP contribution is 2.19. The van der Waals surface area contributed by atoms with Gasteiger partial charge >= 0.3 is 0 Å². The van der Waals surface area contributed by atoms with Crippen molar-refractivity contribution in [3.05, 3.63) is 0 Å². The Hall–Kier alpha value is -0.630. The van der Waals surface area contributed by atoms with E-state index in [4.69, 9.17) is 10.00 Å². The van der Waals surface area contributed by atoms with Crippen molar-refractivity contribution in [2.24, 2.45) is 0 Å².